The van der Waals surface area contributed by atoms with Crippen LogP contribution in [0.3, 0.4) is 0 Å². The molecule has 0 spiro atoms. The van der Waals surface area contributed by atoms with Crippen molar-refractivity contribution in [1.82, 2.24) is 4.98 Å². The third-order valence-corrected chi connectivity index (χ3v) is 9.08. The minimum Gasteiger partial charge on any atom is -0.298 e. The van der Waals surface area contributed by atoms with Crippen LogP contribution in [0.25, 0.3) is 0 Å². The molecule has 0 aliphatic heterocycles. The number of Topliss-reactive ketones (excluding diaryl/α,β-unsaturated/α-hetero) is 1. The number of aryl methyl sites for hydroxylation is 1. The van der Waals surface area contributed by atoms with Crippen molar-refractivity contribution in [2.45, 2.75) is 38.4 Å². The first-order valence-electron chi connectivity index (χ1n) is 7.20. The van der Waals surface area contributed by atoms with E-state index >= 15 is 0 Å². The summed E-state index contributed by atoms with van der Waals surface area (Å²) in [6.07, 6.45) is 1.65. The van der Waals surface area contributed by atoms with Crippen LogP contribution in [0.15, 0.2) is 5.38 Å². The lowest BCUT2D eigenvalue weighted by molar-refractivity contribution is -0.127. The molecule has 0 aromatic carbocycles. The summed E-state index contributed by atoms with van der Waals surface area (Å²) in [5.74, 6) is 0.166. The van der Waals surface area contributed by atoms with Gasteiger partial charge in [0.1, 0.15) is 0 Å². The molecule has 8 heteroatoms. The number of carbonyl (C=O) groups excluding carboxylic acids is 1. The number of fused-ring (bicyclic) bond motifs is 2. The van der Waals surface area contributed by atoms with Gasteiger partial charge in [0.2, 0.25) is 10.0 Å². The van der Waals surface area contributed by atoms with Crippen LogP contribution in [0, 0.1) is 23.7 Å². The van der Waals surface area contributed by atoms with Gasteiger partial charge in [-0.25, -0.2) is 13.4 Å². The van der Waals surface area contributed by atoms with Gasteiger partial charge >= 0.3 is 0 Å². The van der Waals surface area contributed by atoms with E-state index in [1.54, 1.807) is 5.38 Å². The maximum absolute atomic E-state index is 12.6. The Morgan fingerprint density at radius 2 is 2.18 bits per heavy atom. The van der Waals surface area contributed by atoms with E-state index in [-0.39, 0.29) is 22.3 Å². The maximum Gasteiger partial charge on any atom is 0.235 e. The molecule has 4 atom stereocenters. The minimum atomic E-state index is -3.55. The molecule has 3 rings (SSSR count). The Morgan fingerprint density at radius 1 is 1.50 bits per heavy atom. The highest BCUT2D eigenvalue weighted by Gasteiger charge is 2.68. The molecule has 0 saturated heterocycles. The van der Waals surface area contributed by atoms with Crippen LogP contribution >= 0.6 is 27.3 Å². The normalized spacial score (nSPS) is 37.7. The first-order valence-corrected chi connectivity index (χ1v) is 10.6. The second kappa shape index (κ2) is 5.01. The Labute approximate surface area is 143 Å². The van der Waals surface area contributed by atoms with Crippen molar-refractivity contribution in [3.63, 3.8) is 0 Å². The average molecular weight is 407 g/mol. The quantitative estimate of drug-likeness (QED) is 0.779. The van der Waals surface area contributed by atoms with Gasteiger partial charge in [-0.05, 0) is 31.1 Å². The highest BCUT2D eigenvalue weighted by Crippen LogP contribution is 2.65. The highest BCUT2D eigenvalue weighted by atomic mass is 79.9. The molecule has 1 aromatic rings. The second-order valence-electron chi connectivity index (χ2n) is 6.82. The molecule has 1 aromatic heterocycles. The zero-order chi connectivity index (χ0) is 16.3. The summed E-state index contributed by atoms with van der Waals surface area (Å²) in [4.78, 5) is 16.4. The van der Waals surface area contributed by atoms with E-state index in [4.69, 9.17) is 0 Å². The largest absolute Gasteiger partial charge is 0.298 e. The molecule has 122 valence electrons. The number of alkyl halides is 1. The van der Waals surface area contributed by atoms with E-state index in [0.717, 1.165) is 18.5 Å². The summed E-state index contributed by atoms with van der Waals surface area (Å²) in [5.41, 5.74) is -0.326. The predicted molar refractivity (Wildman–Crippen MR) is 90.9 cm³/mol. The lowest BCUT2D eigenvalue weighted by Crippen LogP contribution is -2.41. The topological polar surface area (TPSA) is 76.1 Å². The predicted octanol–water partition coefficient (Wildman–Crippen LogP) is 2.96. The number of ketones is 1. The van der Waals surface area contributed by atoms with Gasteiger partial charge in [0.05, 0.1) is 16.3 Å². The number of halogens is 1. The van der Waals surface area contributed by atoms with E-state index in [0.29, 0.717) is 5.13 Å². The third kappa shape index (κ3) is 2.26. The van der Waals surface area contributed by atoms with Gasteiger partial charge in [0, 0.05) is 10.8 Å². The van der Waals surface area contributed by atoms with Crippen molar-refractivity contribution in [2.24, 2.45) is 16.7 Å². The van der Waals surface area contributed by atoms with E-state index in [1.807, 2.05) is 20.8 Å². The van der Waals surface area contributed by atoms with Crippen LogP contribution in [0.2, 0.25) is 0 Å². The number of nitrogens with one attached hydrogen (secondary N) is 1. The smallest absolute Gasteiger partial charge is 0.235 e. The molecule has 4 unspecified atom stereocenters. The Balaban J connectivity index is 1.87. The number of anilines is 1. The van der Waals surface area contributed by atoms with E-state index in [1.165, 1.54) is 11.3 Å². The summed E-state index contributed by atoms with van der Waals surface area (Å²) in [6, 6.07) is 0. The van der Waals surface area contributed by atoms with Crippen molar-refractivity contribution >= 4 is 48.2 Å². The standard InChI is InChI=1S/C14H19BrN2O3S2/c1-8-6-21-12(16-8)17-22(19,20)7-14(3)9-4-5-13(14,2)11(18)10(9)15/h6,9-10H,4-5,7H2,1-3H3,(H,16,17). The number of hydrogen-bond acceptors (Lipinski definition) is 5. The van der Waals surface area contributed by atoms with E-state index in [9.17, 15) is 13.2 Å². The molecule has 1 heterocycles. The number of sulfonamides is 1. The zero-order valence-electron chi connectivity index (χ0n) is 12.7. The van der Waals surface area contributed by atoms with Crippen LogP contribution in [-0.2, 0) is 14.8 Å². The zero-order valence-corrected chi connectivity index (χ0v) is 15.9. The summed E-state index contributed by atoms with van der Waals surface area (Å²) >= 11 is 4.75. The molecule has 5 nitrogen and oxygen atoms in total. The van der Waals surface area contributed by atoms with Crippen molar-refractivity contribution in [3.05, 3.63) is 11.1 Å². The first-order chi connectivity index (χ1) is 10.1. The number of rotatable bonds is 4. The van der Waals surface area contributed by atoms with Gasteiger partial charge < -0.3 is 0 Å². The monoisotopic (exact) mass is 406 g/mol. The van der Waals surface area contributed by atoms with Crippen LogP contribution < -0.4 is 4.72 Å². The lowest BCUT2D eigenvalue weighted by Gasteiger charge is -2.35. The molecular formula is C14H19BrN2O3S2. The summed E-state index contributed by atoms with van der Waals surface area (Å²) in [6.45, 7) is 5.68. The number of thiazole rings is 1. The Morgan fingerprint density at radius 3 is 2.68 bits per heavy atom. The molecule has 2 saturated carbocycles. The summed E-state index contributed by atoms with van der Waals surface area (Å²) < 4.78 is 27.7. The highest BCUT2D eigenvalue weighted by molar-refractivity contribution is 9.10. The SMILES string of the molecule is Cc1csc(NS(=O)(=O)CC2(C)C3CCC2(C)C(=O)C3Br)n1. The van der Waals surface area contributed by atoms with Gasteiger partial charge in [0.15, 0.2) is 10.9 Å². The van der Waals surface area contributed by atoms with Gasteiger partial charge in [-0.15, -0.1) is 11.3 Å². The van der Waals surface area contributed by atoms with Gasteiger partial charge in [0.25, 0.3) is 0 Å². The van der Waals surface area contributed by atoms with Crippen molar-refractivity contribution in [1.29, 1.82) is 0 Å². The number of nitrogens with zero attached hydrogens (tertiary/aromatic N) is 1. The molecule has 2 aliphatic rings. The van der Waals surface area contributed by atoms with Crippen molar-refractivity contribution < 1.29 is 13.2 Å². The van der Waals surface area contributed by atoms with E-state index in [2.05, 4.69) is 25.6 Å². The molecule has 22 heavy (non-hydrogen) atoms. The van der Waals surface area contributed by atoms with Crippen LogP contribution in [-0.4, -0.2) is 29.8 Å². The van der Waals surface area contributed by atoms with Gasteiger partial charge in [-0.2, -0.15) is 0 Å². The molecular weight excluding hydrogens is 388 g/mol. The minimum absolute atomic E-state index is 0.0480. The van der Waals surface area contributed by atoms with Gasteiger partial charge in [-0.3, -0.25) is 9.52 Å². The maximum atomic E-state index is 12.6. The van der Waals surface area contributed by atoms with Crippen molar-refractivity contribution in [3.8, 4) is 0 Å². The summed E-state index contributed by atoms with van der Waals surface area (Å²) in [7, 11) is -3.55. The fourth-order valence-electron chi connectivity index (χ4n) is 4.05. The average Bonchev–Trinajstić information content (AvgIpc) is 2.93. The van der Waals surface area contributed by atoms with Crippen LogP contribution in [0.1, 0.15) is 32.4 Å². The molecule has 2 aliphatic carbocycles. The Hall–Kier alpha value is -0.470. The number of aromatic nitrogens is 1. The fraction of sp³-hybridized carbons (Fsp3) is 0.714. The first kappa shape index (κ1) is 16.4. The van der Waals surface area contributed by atoms with Gasteiger partial charge in [-0.1, -0.05) is 29.8 Å². The Bertz CT molecular complexity index is 732. The number of hydrogen-bond donors (Lipinski definition) is 1. The molecule has 2 fully saturated rings. The molecule has 0 amide bonds. The van der Waals surface area contributed by atoms with Crippen LogP contribution in [0.5, 0.6) is 0 Å². The molecule has 0 radical (unpaired) electrons. The van der Waals surface area contributed by atoms with Crippen molar-refractivity contribution in [2.75, 3.05) is 10.5 Å². The third-order valence-electron chi connectivity index (χ3n) is 5.53. The Kier molecular flexibility index (Phi) is 3.73. The fourth-order valence-corrected chi connectivity index (χ4v) is 8.21. The summed E-state index contributed by atoms with van der Waals surface area (Å²) in [5, 5.41) is 2.19. The second-order valence-corrected chi connectivity index (χ2v) is 10.4. The number of carbonyl (C=O) groups is 1. The molecule has 2 bridgehead atoms. The van der Waals surface area contributed by atoms with E-state index < -0.39 is 20.9 Å². The molecule has 1 N–H and O–H groups in total. The van der Waals surface area contributed by atoms with Crippen LogP contribution in [0.4, 0.5) is 5.13 Å². The lowest BCUT2D eigenvalue weighted by atomic mass is 9.70.